The van der Waals surface area contributed by atoms with E-state index in [-0.39, 0.29) is 35.7 Å². The second kappa shape index (κ2) is 12.9. The number of aromatic hydroxyl groups is 1. The molecule has 3 aliphatic heterocycles. The van der Waals surface area contributed by atoms with Gasteiger partial charge in [0.15, 0.2) is 5.82 Å². The number of nitrogens with one attached hydrogen (secondary N) is 1. The predicted octanol–water partition coefficient (Wildman–Crippen LogP) is 6.34. The Morgan fingerprint density at radius 3 is 2.72 bits per heavy atom. The molecule has 258 valence electrons. The first-order valence-corrected chi connectivity index (χ1v) is 17.8. The number of phenols is 1. The van der Waals surface area contributed by atoms with Crippen molar-refractivity contribution in [3.05, 3.63) is 65.6 Å². The Hall–Kier alpha value is -4.72. The number of ether oxygens (including phenoxy) is 1. The smallest absolute Gasteiger partial charge is 0.223 e. The molecule has 4 unspecified atom stereocenters. The minimum Gasteiger partial charge on any atom is -0.508 e. The Bertz CT molecular complexity index is 2170. The lowest BCUT2D eigenvalue weighted by Crippen LogP contribution is -2.39. The molecule has 9 nitrogen and oxygen atoms in total. The summed E-state index contributed by atoms with van der Waals surface area (Å²) in [6.07, 6.45) is 4.62. The molecule has 1 saturated carbocycles. The van der Waals surface area contributed by atoms with Gasteiger partial charge < -0.3 is 29.5 Å². The molecular weight excluding hydrogens is 631 g/mol. The summed E-state index contributed by atoms with van der Waals surface area (Å²) in [6, 6.07) is 18.0. The van der Waals surface area contributed by atoms with Crippen LogP contribution in [-0.4, -0.2) is 83.3 Å². The molecule has 1 amide bonds. The Morgan fingerprint density at radius 2 is 2.00 bits per heavy atom. The summed E-state index contributed by atoms with van der Waals surface area (Å²) < 4.78 is 26.5. The summed E-state index contributed by atoms with van der Waals surface area (Å²) in [4.78, 5) is 21.7. The standard InChI is InChI=1S/C40H43FN6O3/c1-45(2)34(49)13-12-26-19-32-39(47(26)38-25-18-33(38)43-21-25)31-17-24(9-6-14-42)35(30-20-28(48)16-23-8-4-5-11-29(23)30)36(41)37(31)44-40(32)50-22-27-10-7-15-46(27)3/h4-5,8,11,16-17,19-20,25,27,33,38,43,48H,6-7,9-10,12-13,15,18,21-22H2,1-3H3. The Morgan fingerprint density at radius 1 is 1.16 bits per heavy atom. The van der Waals surface area contributed by atoms with E-state index in [1.54, 1.807) is 31.1 Å². The molecule has 4 fully saturated rings. The highest BCUT2D eigenvalue weighted by molar-refractivity contribution is 6.10. The number of nitriles is 1. The molecule has 3 saturated heterocycles. The van der Waals surface area contributed by atoms with Crippen LogP contribution in [0.3, 0.4) is 0 Å². The second-order valence-corrected chi connectivity index (χ2v) is 14.6. The maximum atomic E-state index is 17.6. The first kappa shape index (κ1) is 32.5. The summed E-state index contributed by atoms with van der Waals surface area (Å²) in [5.74, 6) is 0.410. The number of rotatable bonds is 10. The van der Waals surface area contributed by atoms with Crippen LogP contribution in [0.15, 0.2) is 48.5 Å². The predicted molar refractivity (Wildman–Crippen MR) is 193 cm³/mol. The van der Waals surface area contributed by atoms with Crippen LogP contribution < -0.4 is 10.1 Å². The Labute approximate surface area is 291 Å². The molecule has 2 N–H and O–H groups in total. The van der Waals surface area contributed by atoms with E-state index in [0.29, 0.717) is 65.8 Å². The number of pyridine rings is 1. The van der Waals surface area contributed by atoms with Crippen LogP contribution in [0.4, 0.5) is 4.39 Å². The lowest BCUT2D eigenvalue weighted by atomic mass is 9.79. The number of phenolic OH excluding ortho intramolecular Hbond substituents is 1. The molecule has 10 heteroatoms. The van der Waals surface area contributed by atoms with E-state index in [0.717, 1.165) is 59.7 Å². The number of likely N-dealkylation sites (N-methyl/N-ethyl adjacent to an activating group) is 1. The lowest BCUT2D eigenvalue weighted by molar-refractivity contribution is -0.128. The number of carbonyl (C=O) groups is 1. The Kier molecular flexibility index (Phi) is 8.36. The zero-order valence-electron chi connectivity index (χ0n) is 28.9. The quantitative estimate of drug-likeness (QED) is 0.178. The third kappa shape index (κ3) is 5.44. The van der Waals surface area contributed by atoms with Crippen molar-refractivity contribution in [3.63, 3.8) is 0 Å². The number of nitrogens with zero attached hydrogens (tertiary/aromatic N) is 5. The average Bonchev–Trinajstić information content (AvgIpc) is 3.91. The third-order valence-electron chi connectivity index (χ3n) is 11.3. The van der Waals surface area contributed by atoms with Crippen molar-refractivity contribution in [1.29, 1.82) is 5.26 Å². The largest absolute Gasteiger partial charge is 0.508 e. The molecule has 5 heterocycles. The van der Waals surface area contributed by atoms with Gasteiger partial charge in [0.1, 0.15) is 17.9 Å². The van der Waals surface area contributed by atoms with Gasteiger partial charge in [-0.25, -0.2) is 9.37 Å². The average molecular weight is 675 g/mol. The molecule has 0 radical (unpaired) electrons. The number of carbonyl (C=O) groups excluding carboxylic acids is 1. The van der Waals surface area contributed by atoms with E-state index in [4.69, 9.17) is 9.72 Å². The Balaban J connectivity index is 1.41. The maximum absolute atomic E-state index is 17.6. The number of hydrogen-bond acceptors (Lipinski definition) is 7. The van der Waals surface area contributed by atoms with E-state index in [9.17, 15) is 15.2 Å². The molecule has 4 atom stereocenters. The highest BCUT2D eigenvalue weighted by Crippen LogP contribution is 2.49. The van der Waals surface area contributed by atoms with Gasteiger partial charge in [0.2, 0.25) is 11.8 Å². The molecule has 0 spiro atoms. The van der Waals surface area contributed by atoms with Gasteiger partial charge in [-0.15, -0.1) is 0 Å². The van der Waals surface area contributed by atoms with Crippen molar-refractivity contribution < 1.29 is 19.0 Å². The van der Waals surface area contributed by atoms with Crippen LogP contribution in [0.1, 0.15) is 49.4 Å². The van der Waals surface area contributed by atoms with Gasteiger partial charge in [0.25, 0.3) is 0 Å². The van der Waals surface area contributed by atoms with Gasteiger partial charge >= 0.3 is 0 Å². The van der Waals surface area contributed by atoms with Crippen LogP contribution >= 0.6 is 0 Å². The molecule has 2 bridgehead atoms. The molecular formula is C40H43FN6O3. The van der Waals surface area contributed by atoms with Gasteiger partial charge in [0, 0.05) is 62.2 Å². The number of amides is 1. The fourth-order valence-corrected chi connectivity index (χ4v) is 8.65. The summed E-state index contributed by atoms with van der Waals surface area (Å²) in [7, 11) is 5.65. The van der Waals surface area contributed by atoms with Gasteiger partial charge in [-0.05, 0) is 97.8 Å². The first-order chi connectivity index (χ1) is 24.2. The number of benzene rings is 3. The number of aromatic nitrogens is 2. The number of hydrogen-bond donors (Lipinski definition) is 2. The maximum Gasteiger partial charge on any atom is 0.223 e. The van der Waals surface area contributed by atoms with Gasteiger partial charge in [-0.3, -0.25) is 4.79 Å². The fraction of sp³-hybridized carbons (Fsp3) is 0.425. The molecule has 2 aromatic heterocycles. The SMILES string of the molecule is CN(C)C(=O)CCc1cc2c(OCC3CCCN3C)nc3c(F)c(-c4cc(O)cc5ccccc45)c(CCC#N)cc3c2n1C1C2CNC1C2. The summed E-state index contributed by atoms with van der Waals surface area (Å²) in [6.45, 7) is 2.36. The van der Waals surface area contributed by atoms with Crippen molar-refractivity contribution >= 4 is 38.5 Å². The molecule has 5 aromatic rings. The third-order valence-corrected chi connectivity index (χ3v) is 11.3. The monoisotopic (exact) mass is 674 g/mol. The molecule has 4 aliphatic rings. The zero-order chi connectivity index (χ0) is 34.7. The van der Waals surface area contributed by atoms with Crippen LogP contribution in [0.25, 0.3) is 43.7 Å². The van der Waals surface area contributed by atoms with E-state index in [2.05, 4.69) is 34.0 Å². The highest BCUT2D eigenvalue weighted by Gasteiger charge is 2.49. The van der Waals surface area contributed by atoms with Gasteiger partial charge in [-0.1, -0.05) is 24.3 Å². The van der Waals surface area contributed by atoms with Gasteiger partial charge in [-0.2, -0.15) is 5.26 Å². The normalized spacial score (nSPS) is 21.6. The van der Waals surface area contributed by atoms with Crippen LogP contribution in [0, 0.1) is 23.1 Å². The van der Waals surface area contributed by atoms with Crippen molar-refractivity contribution in [2.45, 2.75) is 63.1 Å². The van der Waals surface area contributed by atoms with Crippen LogP contribution in [0.2, 0.25) is 0 Å². The second-order valence-electron chi connectivity index (χ2n) is 14.6. The summed E-state index contributed by atoms with van der Waals surface area (Å²) in [5, 5.41) is 27.2. The van der Waals surface area contributed by atoms with Crippen LogP contribution in [0.5, 0.6) is 11.6 Å². The minimum absolute atomic E-state index is 0.0382. The lowest BCUT2D eigenvalue weighted by Gasteiger charge is -2.38. The first-order valence-electron chi connectivity index (χ1n) is 17.8. The molecule has 1 aliphatic carbocycles. The van der Waals surface area contributed by atoms with E-state index < -0.39 is 5.82 Å². The van der Waals surface area contributed by atoms with E-state index in [1.165, 1.54) is 0 Å². The molecule has 9 rings (SSSR count). The zero-order valence-corrected chi connectivity index (χ0v) is 28.9. The molecule has 3 aromatic carbocycles. The number of fused-ring (bicyclic) bond motifs is 5. The van der Waals surface area contributed by atoms with Crippen molar-refractivity contribution in [3.8, 4) is 28.8 Å². The van der Waals surface area contributed by atoms with Crippen molar-refractivity contribution in [1.82, 2.24) is 24.7 Å². The van der Waals surface area contributed by atoms with E-state index in [1.807, 2.05) is 30.3 Å². The van der Waals surface area contributed by atoms with Gasteiger partial charge in [0.05, 0.1) is 23.0 Å². The topological polar surface area (TPSA) is 107 Å². The number of likely N-dealkylation sites (tertiary alicyclic amines) is 1. The van der Waals surface area contributed by atoms with Crippen molar-refractivity contribution in [2.75, 3.05) is 40.8 Å². The number of aryl methyl sites for hydroxylation is 2. The molecule has 50 heavy (non-hydrogen) atoms. The highest BCUT2D eigenvalue weighted by atomic mass is 19.1. The summed E-state index contributed by atoms with van der Waals surface area (Å²) >= 11 is 0. The number of halogens is 1. The summed E-state index contributed by atoms with van der Waals surface area (Å²) in [5.41, 5.74) is 3.66. The van der Waals surface area contributed by atoms with E-state index >= 15 is 4.39 Å². The fourth-order valence-electron chi connectivity index (χ4n) is 8.65. The minimum atomic E-state index is -0.497. The van der Waals surface area contributed by atoms with Crippen LogP contribution in [-0.2, 0) is 17.6 Å². The van der Waals surface area contributed by atoms with Crippen molar-refractivity contribution in [2.24, 2.45) is 5.92 Å².